The van der Waals surface area contributed by atoms with Crippen molar-refractivity contribution in [3.05, 3.63) is 0 Å². The highest BCUT2D eigenvalue weighted by atomic mass is 32.2. The van der Waals surface area contributed by atoms with Gasteiger partial charge in [-0.25, -0.2) is 13.1 Å². The zero-order valence-electron chi connectivity index (χ0n) is 7.59. The predicted molar refractivity (Wildman–Crippen MR) is 46.9 cm³/mol. The van der Waals surface area contributed by atoms with Crippen molar-refractivity contribution >= 4 is 10.0 Å². The maximum atomic E-state index is 10.9. The highest BCUT2D eigenvalue weighted by Gasteiger charge is 2.19. The molecule has 0 aliphatic heterocycles. The molecule has 0 bridgehead atoms. The molecule has 0 fully saturated rings. The Hall–Kier alpha value is -0.600. The summed E-state index contributed by atoms with van der Waals surface area (Å²) in [5.41, 5.74) is -0.637. The van der Waals surface area contributed by atoms with E-state index in [1.54, 1.807) is 20.8 Å². The van der Waals surface area contributed by atoms with Gasteiger partial charge in [-0.15, -0.1) is 0 Å². The first-order chi connectivity index (χ1) is 5.33. The van der Waals surface area contributed by atoms with Crippen molar-refractivity contribution in [2.75, 3.05) is 12.3 Å². The van der Waals surface area contributed by atoms with Gasteiger partial charge < -0.3 is 0 Å². The Morgan fingerprint density at radius 1 is 1.50 bits per heavy atom. The average Bonchev–Trinajstić information content (AvgIpc) is 2.02. The molecule has 0 spiro atoms. The third-order valence-electron chi connectivity index (χ3n) is 1.42. The molecule has 0 rings (SSSR count). The van der Waals surface area contributed by atoms with Crippen LogP contribution in [0.15, 0.2) is 0 Å². The zero-order valence-corrected chi connectivity index (χ0v) is 8.40. The van der Waals surface area contributed by atoms with Crippen LogP contribution in [0.3, 0.4) is 0 Å². The largest absolute Gasteiger partial charge is 0.214 e. The van der Waals surface area contributed by atoms with E-state index in [0.717, 1.165) is 0 Å². The van der Waals surface area contributed by atoms with Gasteiger partial charge in [-0.1, -0.05) is 0 Å². The maximum Gasteiger partial charge on any atom is 0.211 e. The molecule has 0 aromatic heterocycles. The van der Waals surface area contributed by atoms with Gasteiger partial charge in [-0.2, -0.15) is 5.26 Å². The maximum absolute atomic E-state index is 10.9. The third kappa shape index (κ3) is 4.31. The highest BCUT2D eigenvalue weighted by molar-refractivity contribution is 7.89. The number of nitriles is 1. The molecule has 0 radical (unpaired) electrons. The van der Waals surface area contributed by atoms with Crippen LogP contribution < -0.4 is 4.72 Å². The normalized spacial score (nSPS) is 12.5. The fraction of sp³-hybridized carbons (Fsp3) is 0.857. The number of sulfonamides is 1. The molecule has 0 aromatic carbocycles. The Morgan fingerprint density at radius 2 is 2.00 bits per heavy atom. The molecule has 0 aliphatic carbocycles. The van der Waals surface area contributed by atoms with Gasteiger partial charge in [0.1, 0.15) is 0 Å². The molecule has 4 nitrogen and oxygen atoms in total. The van der Waals surface area contributed by atoms with E-state index in [1.807, 2.05) is 6.07 Å². The van der Waals surface area contributed by atoms with Gasteiger partial charge in [0.05, 0.1) is 17.2 Å². The van der Waals surface area contributed by atoms with Crippen LogP contribution in [0.25, 0.3) is 0 Å². The van der Waals surface area contributed by atoms with Crippen molar-refractivity contribution in [3.63, 3.8) is 0 Å². The lowest BCUT2D eigenvalue weighted by molar-refractivity contribution is 0.479. The lowest BCUT2D eigenvalue weighted by atomic mass is 9.97. The molecule has 70 valence electrons. The first-order valence-corrected chi connectivity index (χ1v) is 5.37. The molecule has 0 aliphatic rings. The number of nitrogens with one attached hydrogen (secondary N) is 1. The second-order valence-electron chi connectivity index (χ2n) is 3.22. The van der Waals surface area contributed by atoms with E-state index in [-0.39, 0.29) is 12.3 Å². The average molecular weight is 190 g/mol. The van der Waals surface area contributed by atoms with Gasteiger partial charge >= 0.3 is 0 Å². The lowest BCUT2D eigenvalue weighted by Gasteiger charge is -2.14. The summed E-state index contributed by atoms with van der Waals surface area (Å²) in [5.74, 6) is 0.0501. The quantitative estimate of drug-likeness (QED) is 0.700. The van der Waals surface area contributed by atoms with E-state index < -0.39 is 15.4 Å². The van der Waals surface area contributed by atoms with Crippen molar-refractivity contribution in [3.8, 4) is 6.07 Å². The van der Waals surface area contributed by atoms with E-state index in [9.17, 15) is 8.42 Å². The van der Waals surface area contributed by atoms with Gasteiger partial charge in [-0.3, -0.25) is 0 Å². The molecule has 12 heavy (non-hydrogen) atoms. The Balaban J connectivity index is 4.12. The van der Waals surface area contributed by atoms with Crippen LogP contribution in [-0.2, 0) is 10.0 Å². The molecule has 5 heteroatoms. The molecule has 0 saturated carbocycles. The standard InChI is InChI=1S/C7H14N2O2S/c1-4-12(10,11)9-6-7(2,3)5-8/h9H,4,6H2,1-3H3. The van der Waals surface area contributed by atoms with Crippen LogP contribution in [0.2, 0.25) is 0 Å². The topological polar surface area (TPSA) is 70.0 Å². The van der Waals surface area contributed by atoms with Crippen LogP contribution in [0.5, 0.6) is 0 Å². The minimum Gasteiger partial charge on any atom is -0.214 e. The van der Waals surface area contributed by atoms with Crippen LogP contribution in [0, 0.1) is 16.7 Å². The minimum absolute atomic E-state index is 0.0501. The number of nitrogens with zero attached hydrogens (tertiary/aromatic N) is 1. The molecule has 0 amide bonds. The Labute approximate surface area is 73.6 Å². The van der Waals surface area contributed by atoms with Gasteiger partial charge in [0.15, 0.2) is 0 Å². The summed E-state index contributed by atoms with van der Waals surface area (Å²) < 4.78 is 24.2. The summed E-state index contributed by atoms with van der Waals surface area (Å²) in [7, 11) is -3.16. The molecule has 0 unspecified atom stereocenters. The molecule has 0 heterocycles. The summed E-state index contributed by atoms with van der Waals surface area (Å²) in [6, 6.07) is 2.01. The van der Waals surface area contributed by atoms with E-state index in [2.05, 4.69) is 4.72 Å². The summed E-state index contributed by atoms with van der Waals surface area (Å²) in [4.78, 5) is 0. The van der Waals surface area contributed by atoms with Crippen molar-refractivity contribution < 1.29 is 8.42 Å². The first kappa shape index (κ1) is 11.4. The Kier molecular flexibility index (Phi) is 3.68. The number of rotatable bonds is 4. The van der Waals surface area contributed by atoms with Crippen LogP contribution in [0.1, 0.15) is 20.8 Å². The number of hydrogen-bond donors (Lipinski definition) is 1. The van der Waals surface area contributed by atoms with Crippen molar-refractivity contribution in [2.45, 2.75) is 20.8 Å². The molecule has 1 N–H and O–H groups in total. The fourth-order valence-electron chi connectivity index (χ4n) is 0.432. The third-order valence-corrected chi connectivity index (χ3v) is 2.76. The van der Waals surface area contributed by atoms with Gasteiger partial charge in [0.25, 0.3) is 0 Å². The van der Waals surface area contributed by atoms with E-state index in [1.165, 1.54) is 0 Å². The molecule has 0 aromatic rings. The molecule has 0 atom stereocenters. The monoisotopic (exact) mass is 190 g/mol. The van der Waals surface area contributed by atoms with Crippen LogP contribution in [-0.4, -0.2) is 20.7 Å². The van der Waals surface area contributed by atoms with E-state index in [4.69, 9.17) is 5.26 Å². The predicted octanol–water partition coefficient (Wildman–Crippen LogP) is 0.475. The molecular weight excluding hydrogens is 176 g/mol. The fourth-order valence-corrected chi connectivity index (χ4v) is 1.22. The first-order valence-electron chi connectivity index (χ1n) is 3.71. The highest BCUT2D eigenvalue weighted by Crippen LogP contribution is 2.10. The minimum atomic E-state index is -3.16. The van der Waals surface area contributed by atoms with Crippen LogP contribution in [0.4, 0.5) is 0 Å². The Morgan fingerprint density at radius 3 is 2.33 bits per heavy atom. The van der Waals surface area contributed by atoms with Crippen molar-refractivity contribution in [1.82, 2.24) is 4.72 Å². The summed E-state index contributed by atoms with van der Waals surface area (Å²) in [6.45, 7) is 5.09. The van der Waals surface area contributed by atoms with Crippen molar-refractivity contribution in [1.29, 1.82) is 5.26 Å². The van der Waals surface area contributed by atoms with Crippen LogP contribution >= 0.6 is 0 Å². The van der Waals surface area contributed by atoms with Gasteiger partial charge in [0.2, 0.25) is 10.0 Å². The zero-order chi connectivity index (χ0) is 9.83. The van der Waals surface area contributed by atoms with Crippen molar-refractivity contribution in [2.24, 2.45) is 5.41 Å². The van der Waals surface area contributed by atoms with Gasteiger partial charge in [-0.05, 0) is 20.8 Å². The summed E-state index contributed by atoms with van der Waals surface area (Å²) in [5, 5.41) is 8.58. The summed E-state index contributed by atoms with van der Waals surface area (Å²) in [6.07, 6.45) is 0. The second kappa shape index (κ2) is 3.87. The SMILES string of the molecule is CCS(=O)(=O)NCC(C)(C)C#N. The van der Waals surface area contributed by atoms with Gasteiger partial charge in [0, 0.05) is 6.54 Å². The smallest absolute Gasteiger partial charge is 0.211 e. The van der Waals surface area contributed by atoms with E-state index in [0.29, 0.717) is 0 Å². The molecular formula is C7H14N2O2S. The summed E-state index contributed by atoms with van der Waals surface area (Å²) >= 11 is 0. The number of hydrogen-bond acceptors (Lipinski definition) is 3. The lowest BCUT2D eigenvalue weighted by Crippen LogP contribution is -2.34. The Bertz CT molecular complexity index is 274. The second-order valence-corrected chi connectivity index (χ2v) is 5.32. The van der Waals surface area contributed by atoms with E-state index >= 15 is 0 Å². The molecule has 0 saturated heterocycles.